The van der Waals surface area contributed by atoms with Crippen LogP contribution in [0.1, 0.15) is 18.4 Å². The van der Waals surface area contributed by atoms with Crippen LogP contribution in [-0.2, 0) is 17.4 Å². The van der Waals surface area contributed by atoms with Crippen LogP contribution in [0, 0.1) is 12.8 Å². The molecule has 1 aliphatic rings. The fourth-order valence-electron chi connectivity index (χ4n) is 2.56. The second-order valence-electron chi connectivity index (χ2n) is 6.32. The Kier molecular flexibility index (Phi) is 4.57. The monoisotopic (exact) mass is 364 g/mol. The molecule has 1 aliphatic carbocycles. The average Bonchev–Trinajstić information content (AvgIpc) is 3.33. The van der Waals surface area contributed by atoms with Crippen molar-refractivity contribution in [2.75, 3.05) is 6.61 Å². The molecule has 1 fully saturated rings. The van der Waals surface area contributed by atoms with E-state index in [1.165, 1.54) is 10.6 Å². The van der Waals surface area contributed by atoms with Gasteiger partial charge in [0.15, 0.2) is 0 Å². The van der Waals surface area contributed by atoms with Crippen LogP contribution < -0.4 is 19.6 Å². The van der Waals surface area contributed by atoms with E-state index < -0.39 is 10.3 Å². The molecule has 3 rings (SSSR count). The minimum atomic E-state index is -4.12. The fraction of sp³-hybridized carbons (Fsp3) is 0.353. The maximum absolute atomic E-state index is 11.9. The van der Waals surface area contributed by atoms with E-state index in [1.54, 1.807) is 38.4 Å². The summed E-state index contributed by atoms with van der Waals surface area (Å²) in [5, 5.41) is 4.94. The van der Waals surface area contributed by atoms with E-state index in [9.17, 15) is 13.2 Å². The van der Waals surface area contributed by atoms with Crippen molar-refractivity contribution in [3.8, 4) is 22.6 Å². The normalized spacial score (nSPS) is 14.4. The largest absolute Gasteiger partial charge is 0.493 e. The maximum Gasteiger partial charge on any atom is 0.380 e. The number of nitrogens with zero attached hydrogens (tertiary/aromatic N) is 1. The maximum atomic E-state index is 11.9. The van der Waals surface area contributed by atoms with Crippen molar-refractivity contribution in [2.24, 2.45) is 18.1 Å². The summed E-state index contributed by atoms with van der Waals surface area (Å²) in [5.74, 6) is 1.25. The Morgan fingerprint density at radius 3 is 2.60 bits per heavy atom. The summed E-state index contributed by atoms with van der Waals surface area (Å²) < 4.78 is 34.5. The molecule has 1 aromatic heterocycles. The van der Waals surface area contributed by atoms with E-state index in [2.05, 4.69) is 0 Å². The zero-order chi connectivity index (χ0) is 18.2. The molecule has 0 amide bonds. The predicted molar refractivity (Wildman–Crippen MR) is 93.8 cm³/mol. The van der Waals surface area contributed by atoms with Crippen LogP contribution in [-0.4, -0.2) is 19.6 Å². The molecule has 0 atom stereocenters. The lowest BCUT2D eigenvalue weighted by atomic mass is 10.0. The number of hydrogen-bond acceptors (Lipinski definition) is 5. The van der Waals surface area contributed by atoms with Crippen LogP contribution in [0.5, 0.6) is 11.5 Å². The van der Waals surface area contributed by atoms with E-state index in [0.717, 1.165) is 18.4 Å². The van der Waals surface area contributed by atoms with Crippen LogP contribution in [0.4, 0.5) is 0 Å². The summed E-state index contributed by atoms with van der Waals surface area (Å²) in [6.07, 6.45) is 3.98. The average molecular weight is 364 g/mol. The third-order valence-corrected chi connectivity index (χ3v) is 4.43. The molecule has 8 heteroatoms. The number of aromatic nitrogens is 1. The topological polar surface area (TPSA) is 101 Å². The molecule has 1 heterocycles. The molecule has 7 nitrogen and oxygen atoms in total. The fourth-order valence-corrected chi connectivity index (χ4v) is 2.94. The van der Waals surface area contributed by atoms with E-state index in [1.807, 2.05) is 0 Å². The van der Waals surface area contributed by atoms with Crippen molar-refractivity contribution < 1.29 is 17.3 Å². The molecule has 1 saturated carbocycles. The van der Waals surface area contributed by atoms with Gasteiger partial charge in [-0.05, 0) is 49.9 Å². The number of benzene rings is 1. The van der Waals surface area contributed by atoms with Crippen LogP contribution in [0.15, 0.2) is 35.3 Å². The number of nitrogens with two attached hydrogens (primary N) is 1. The first-order valence-corrected chi connectivity index (χ1v) is 9.37. The summed E-state index contributed by atoms with van der Waals surface area (Å²) >= 11 is 0. The summed E-state index contributed by atoms with van der Waals surface area (Å²) in [6.45, 7) is 2.33. The SMILES string of the molecule is Cc1cc(-c2cc(OS(N)(=O)=O)ccc2OCC2CC2)cn(C)c1=O. The summed E-state index contributed by atoms with van der Waals surface area (Å²) in [4.78, 5) is 11.9. The van der Waals surface area contributed by atoms with Crippen LogP contribution in [0.2, 0.25) is 0 Å². The highest BCUT2D eigenvalue weighted by Gasteiger charge is 2.23. The van der Waals surface area contributed by atoms with E-state index in [0.29, 0.717) is 29.4 Å². The number of rotatable bonds is 6. The lowest BCUT2D eigenvalue weighted by molar-refractivity contribution is 0.300. The first kappa shape index (κ1) is 17.5. The van der Waals surface area contributed by atoms with E-state index in [-0.39, 0.29) is 11.3 Å². The number of pyridine rings is 1. The second-order valence-corrected chi connectivity index (χ2v) is 7.47. The minimum Gasteiger partial charge on any atom is -0.493 e. The van der Waals surface area contributed by atoms with Gasteiger partial charge in [-0.3, -0.25) is 4.79 Å². The molecule has 2 aromatic rings. The van der Waals surface area contributed by atoms with Crippen molar-refractivity contribution in [1.29, 1.82) is 0 Å². The predicted octanol–water partition coefficient (Wildman–Crippen LogP) is 1.73. The molecule has 25 heavy (non-hydrogen) atoms. The molecule has 0 saturated heterocycles. The van der Waals surface area contributed by atoms with Crippen molar-refractivity contribution in [3.05, 3.63) is 46.4 Å². The highest BCUT2D eigenvalue weighted by Crippen LogP contribution is 2.36. The van der Waals surface area contributed by atoms with Crippen molar-refractivity contribution in [3.63, 3.8) is 0 Å². The molecule has 0 unspecified atom stereocenters. The summed E-state index contributed by atoms with van der Waals surface area (Å²) in [6, 6.07) is 6.43. The molecule has 2 N–H and O–H groups in total. The highest BCUT2D eigenvalue weighted by molar-refractivity contribution is 7.84. The third-order valence-electron chi connectivity index (χ3n) is 4.01. The van der Waals surface area contributed by atoms with Crippen LogP contribution in [0.3, 0.4) is 0 Å². The molecule has 0 aliphatic heterocycles. The highest BCUT2D eigenvalue weighted by atomic mass is 32.2. The smallest absolute Gasteiger partial charge is 0.380 e. The van der Waals surface area contributed by atoms with E-state index >= 15 is 0 Å². The Labute approximate surface area is 146 Å². The third kappa shape index (κ3) is 4.40. The van der Waals surface area contributed by atoms with E-state index in [4.69, 9.17) is 14.1 Å². The quantitative estimate of drug-likeness (QED) is 0.841. The molecule has 1 aromatic carbocycles. The molecule has 134 valence electrons. The van der Waals surface area contributed by atoms with Gasteiger partial charge < -0.3 is 13.5 Å². The van der Waals surface area contributed by atoms with Crippen molar-refractivity contribution in [2.45, 2.75) is 19.8 Å². The Balaban J connectivity index is 2.05. The Hall–Kier alpha value is -2.32. The number of ether oxygens (including phenoxy) is 1. The minimum absolute atomic E-state index is 0.0859. The molecule has 0 radical (unpaired) electrons. The number of aryl methyl sites for hydroxylation is 2. The summed E-state index contributed by atoms with van der Waals surface area (Å²) in [7, 11) is -2.46. The molecule has 0 bridgehead atoms. The standard InChI is InChI=1S/C17H20N2O5S/c1-11-7-13(9-19(2)17(11)20)15-8-14(24-25(18,21)22)5-6-16(15)23-10-12-3-4-12/h5-9,12H,3-4,10H2,1-2H3,(H2,18,21,22). The first-order valence-electron chi connectivity index (χ1n) is 7.89. The van der Waals surface area contributed by atoms with Crippen molar-refractivity contribution >= 4 is 10.3 Å². The van der Waals surface area contributed by atoms with Gasteiger partial charge in [0.2, 0.25) is 0 Å². The summed E-state index contributed by atoms with van der Waals surface area (Å²) in [5.41, 5.74) is 1.85. The Bertz CT molecular complexity index is 935. The lowest BCUT2D eigenvalue weighted by Gasteiger charge is -2.14. The zero-order valence-electron chi connectivity index (χ0n) is 14.1. The zero-order valence-corrected chi connectivity index (χ0v) is 14.9. The Morgan fingerprint density at radius 1 is 1.28 bits per heavy atom. The number of hydrogen-bond donors (Lipinski definition) is 1. The van der Waals surface area contributed by atoms with Crippen LogP contribution >= 0.6 is 0 Å². The van der Waals surface area contributed by atoms with Gasteiger partial charge in [0, 0.05) is 29.9 Å². The van der Waals surface area contributed by atoms with Crippen LogP contribution in [0.25, 0.3) is 11.1 Å². The van der Waals surface area contributed by atoms with Gasteiger partial charge in [-0.15, -0.1) is 0 Å². The first-order chi connectivity index (χ1) is 11.7. The van der Waals surface area contributed by atoms with Gasteiger partial charge in [-0.25, -0.2) is 0 Å². The van der Waals surface area contributed by atoms with Gasteiger partial charge in [-0.1, -0.05) is 0 Å². The molecular formula is C17H20N2O5S. The van der Waals surface area contributed by atoms with Gasteiger partial charge >= 0.3 is 10.3 Å². The second kappa shape index (κ2) is 6.53. The van der Waals surface area contributed by atoms with Gasteiger partial charge in [0.25, 0.3) is 5.56 Å². The van der Waals surface area contributed by atoms with Gasteiger partial charge in [0.1, 0.15) is 11.5 Å². The van der Waals surface area contributed by atoms with Gasteiger partial charge in [0.05, 0.1) is 6.61 Å². The molecule has 0 spiro atoms. The van der Waals surface area contributed by atoms with Crippen molar-refractivity contribution in [1.82, 2.24) is 4.57 Å². The Morgan fingerprint density at radius 2 is 2.00 bits per heavy atom. The van der Waals surface area contributed by atoms with Gasteiger partial charge in [-0.2, -0.15) is 13.6 Å². The molecular weight excluding hydrogens is 344 g/mol. The lowest BCUT2D eigenvalue weighted by Crippen LogP contribution is -2.19.